The van der Waals surface area contributed by atoms with E-state index in [1.165, 1.54) is 26.9 Å². The molecular formula is C53H73N5O11Si3. The molecular weight excluding hydrogens is 967 g/mol. The smallest absolute Gasteiger partial charge is 0.337 e. The Morgan fingerprint density at radius 2 is 1.24 bits per heavy atom. The Morgan fingerprint density at radius 1 is 0.694 bits per heavy atom. The predicted octanol–water partition coefficient (Wildman–Crippen LogP) is 7.59. The van der Waals surface area contributed by atoms with E-state index in [0.29, 0.717) is 11.2 Å². The molecule has 2 aliphatic rings. The third-order valence-corrected chi connectivity index (χ3v) is 29.1. The standard InChI is InChI=1S/C53H73N5O11Si3/c1-51(2,3)70(12,13)67-41-38(60)39(65-45(50(62)64-11)43(41)69-72(53(7,8)9,34-27-21-17-22-28-34)35-29-23-18-24-30-35)37(59)40-42(68-71(14,15)52(4,5)6)44(63-10)49(66-40)58-32-56-36-46(54-31-55-47(36)58)57-48(61)33-25-19-16-20-26-33/h16-32,37,39-45,49,59H,1-15H3,(H,54,55,57,61)/t37?,39-,40-,41-,42+,43+,44-,45+,49-/m1/s1. The fourth-order valence-corrected chi connectivity index (χ4v) is 16.3. The van der Waals surface area contributed by atoms with Crippen molar-refractivity contribution < 1.29 is 51.7 Å². The molecule has 0 saturated carbocycles. The highest BCUT2D eigenvalue weighted by Gasteiger charge is 2.63. The summed E-state index contributed by atoms with van der Waals surface area (Å²) in [6.45, 7) is 27.0. The van der Waals surface area contributed by atoms with Crippen LogP contribution in [0.5, 0.6) is 0 Å². The number of hydrogen-bond donors (Lipinski definition) is 2. The van der Waals surface area contributed by atoms with E-state index < -0.39 is 102 Å². The van der Waals surface area contributed by atoms with Gasteiger partial charge in [0.15, 0.2) is 51.7 Å². The molecule has 9 atom stereocenters. The van der Waals surface area contributed by atoms with Crippen LogP contribution in [0.3, 0.4) is 0 Å². The van der Waals surface area contributed by atoms with E-state index in [4.69, 9.17) is 32.2 Å². The maximum Gasteiger partial charge on any atom is 0.337 e. The summed E-state index contributed by atoms with van der Waals surface area (Å²) in [5, 5.41) is 16.4. The second-order valence-corrected chi connectivity index (χ2v) is 36.6. The molecule has 4 heterocycles. The van der Waals surface area contributed by atoms with Crippen LogP contribution in [-0.4, -0.2) is 130 Å². The van der Waals surface area contributed by atoms with Crippen LogP contribution in [0.25, 0.3) is 11.2 Å². The summed E-state index contributed by atoms with van der Waals surface area (Å²) in [6, 6.07) is 28.5. The second-order valence-electron chi connectivity index (χ2n) is 22.8. The number of benzene rings is 3. The highest BCUT2D eigenvalue weighted by atomic mass is 28.4. The number of amides is 1. The molecule has 0 aliphatic carbocycles. The van der Waals surface area contributed by atoms with Gasteiger partial charge in [-0.05, 0) is 63.8 Å². The SMILES string of the molecule is COC(=O)[C@H]1O[C@H](C(O)[C@H]2O[C@@H](n3cnc4c(NC(=O)c5ccccc5)ncnc43)[C@H](OC)[C@H]2O[Si](C)(C)C(C)(C)C)C(=O)[C@@H](O[Si](C)(C)C(C)(C)C)[C@@H]1O[Si](c1ccccc1)(c1ccccc1)C(C)(C)C. The first-order chi connectivity index (χ1) is 33.7. The van der Waals surface area contributed by atoms with Crippen LogP contribution >= 0.6 is 0 Å². The first-order valence-corrected chi connectivity index (χ1v) is 32.2. The first-order valence-electron chi connectivity index (χ1n) is 24.5. The summed E-state index contributed by atoms with van der Waals surface area (Å²) < 4.78 is 49.1. The van der Waals surface area contributed by atoms with Gasteiger partial charge < -0.3 is 42.6 Å². The molecule has 0 radical (unpaired) electrons. The number of aliphatic hydroxyl groups is 1. The van der Waals surface area contributed by atoms with Crippen LogP contribution in [-0.2, 0) is 41.8 Å². The Bertz CT molecular complexity index is 2650. The maximum absolute atomic E-state index is 15.8. The van der Waals surface area contributed by atoms with E-state index in [1.807, 2.05) is 79.8 Å². The molecule has 5 aromatic rings. The Kier molecular flexibility index (Phi) is 15.9. The number of methoxy groups -OCH3 is 2. The number of carbonyl (C=O) groups is 3. The minimum atomic E-state index is -3.53. The number of nitrogens with one attached hydrogen (secondary N) is 1. The summed E-state index contributed by atoms with van der Waals surface area (Å²) >= 11 is 0. The molecule has 3 aromatic carbocycles. The van der Waals surface area contributed by atoms with Crippen molar-refractivity contribution in [1.82, 2.24) is 19.5 Å². The molecule has 0 bridgehead atoms. The van der Waals surface area contributed by atoms with E-state index in [1.54, 1.807) is 28.8 Å². The molecule has 388 valence electrons. The van der Waals surface area contributed by atoms with Gasteiger partial charge in [-0.1, -0.05) is 141 Å². The summed E-state index contributed by atoms with van der Waals surface area (Å²) in [4.78, 5) is 57.2. The van der Waals surface area contributed by atoms with Crippen LogP contribution in [0.4, 0.5) is 5.82 Å². The molecule has 2 aromatic heterocycles. The average Bonchev–Trinajstić information content (AvgIpc) is 3.92. The van der Waals surface area contributed by atoms with Gasteiger partial charge in [-0.2, -0.15) is 0 Å². The molecule has 7 rings (SSSR count). The van der Waals surface area contributed by atoms with E-state index in [2.05, 4.69) is 95.7 Å². The number of fused-ring (bicyclic) bond motifs is 1. The van der Waals surface area contributed by atoms with Gasteiger partial charge in [0, 0.05) is 12.7 Å². The van der Waals surface area contributed by atoms with E-state index in [-0.39, 0.29) is 22.3 Å². The summed E-state index contributed by atoms with van der Waals surface area (Å²) in [7, 11) is -6.41. The quantitative estimate of drug-likeness (QED) is 0.0770. The van der Waals surface area contributed by atoms with Gasteiger partial charge in [0.25, 0.3) is 14.2 Å². The number of aliphatic hydroxyl groups excluding tert-OH is 1. The number of aromatic nitrogens is 4. The number of nitrogens with zero attached hydrogens (tertiary/aromatic N) is 4. The summed E-state index contributed by atoms with van der Waals surface area (Å²) in [6.07, 6.45) is -9.27. The Balaban J connectivity index is 1.35. The van der Waals surface area contributed by atoms with Crippen molar-refractivity contribution in [2.45, 2.75) is 159 Å². The molecule has 16 nitrogen and oxygen atoms in total. The lowest BCUT2D eigenvalue weighted by Crippen LogP contribution is -2.73. The second kappa shape index (κ2) is 20.8. The van der Waals surface area contributed by atoms with Gasteiger partial charge in [0.1, 0.15) is 49.1 Å². The zero-order chi connectivity index (χ0) is 52.8. The third-order valence-electron chi connectivity index (χ3n) is 15.1. The molecule has 0 spiro atoms. The van der Waals surface area contributed by atoms with Gasteiger partial charge in [-0.15, -0.1) is 0 Å². The van der Waals surface area contributed by atoms with Crippen molar-refractivity contribution in [2.75, 3.05) is 19.5 Å². The van der Waals surface area contributed by atoms with Gasteiger partial charge in [-0.3, -0.25) is 14.2 Å². The Labute approximate surface area is 426 Å². The zero-order valence-corrected chi connectivity index (χ0v) is 47.3. The van der Waals surface area contributed by atoms with Crippen molar-refractivity contribution in [1.29, 1.82) is 0 Å². The van der Waals surface area contributed by atoms with Gasteiger partial charge in [0.2, 0.25) is 0 Å². The highest BCUT2D eigenvalue weighted by Crippen LogP contribution is 2.47. The van der Waals surface area contributed by atoms with Crippen LogP contribution in [0.1, 0.15) is 78.9 Å². The molecule has 19 heteroatoms. The number of Topliss-reactive ketones (excluding diaryl/α,β-unsaturated/α-hetero) is 1. The van der Waals surface area contributed by atoms with Crippen LogP contribution in [0.15, 0.2) is 104 Å². The fourth-order valence-electron chi connectivity index (χ4n) is 9.11. The number of rotatable bonds is 15. The monoisotopic (exact) mass is 1040 g/mol. The fraction of sp³-hybridized carbons (Fsp3) is 0.509. The molecule has 72 heavy (non-hydrogen) atoms. The van der Waals surface area contributed by atoms with Gasteiger partial charge in [0.05, 0.1) is 13.4 Å². The third kappa shape index (κ3) is 10.5. The van der Waals surface area contributed by atoms with Crippen LogP contribution < -0.4 is 15.7 Å². The van der Waals surface area contributed by atoms with Crippen molar-refractivity contribution >= 4 is 70.0 Å². The minimum absolute atomic E-state index is 0.169. The van der Waals surface area contributed by atoms with Gasteiger partial charge in [-0.25, -0.2) is 19.7 Å². The van der Waals surface area contributed by atoms with Crippen LogP contribution in [0.2, 0.25) is 41.3 Å². The van der Waals surface area contributed by atoms with Crippen molar-refractivity contribution in [3.8, 4) is 0 Å². The molecule has 1 unspecified atom stereocenters. The number of carbonyl (C=O) groups excluding carboxylic acids is 3. The number of imidazole rings is 1. The lowest BCUT2D eigenvalue weighted by Gasteiger charge is -2.51. The molecule has 1 amide bonds. The van der Waals surface area contributed by atoms with Crippen molar-refractivity contribution in [2.24, 2.45) is 0 Å². The topological polar surface area (TPSA) is 192 Å². The number of esters is 1. The lowest BCUT2D eigenvalue weighted by molar-refractivity contribution is -0.212. The number of ketones is 1. The zero-order valence-electron chi connectivity index (χ0n) is 44.3. The highest BCUT2D eigenvalue weighted by molar-refractivity contribution is 6.99. The first kappa shape index (κ1) is 55.0. The minimum Gasteiger partial charge on any atom is -0.467 e. The molecule has 2 fully saturated rings. The Hall–Kier alpha value is -4.81. The van der Waals surface area contributed by atoms with Crippen molar-refractivity contribution in [3.05, 3.63) is 109 Å². The van der Waals surface area contributed by atoms with E-state index in [0.717, 1.165) is 10.4 Å². The van der Waals surface area contributed by atoms with Crippen LogP contribution in [0, 0.1) is 0 Å². The lowest BCUT2D eigenvalue weighted by atomic mass is 9.90. The molecule has 2 saturated heterocycles. The average molecular weight is 1040 g/mol. The summed E-state index contributed by atoms with van der Waals surface area (Å²) in [5.74, 6) is -1.65. The number of anilines is 1. The van der Waals surface area contributed by atoms with Gasteiger partial charge >= 0.3 is 5.97 Å². The number of ether oxygens (including phenoxy) is 4. The molecule has 2 aliphatic heterocycles. The Morgan fingerprint density at radius 3 is 1.75 bits per heavy atom. The normalized spacial score (nSPS) is 24.0. The maximum atomic E-state index is 15.8. The van der Waals surface area contributed by atoms with Crippen molar-refractivity contribution in [3.63, 3.8) is 0 Å². The van der Waals surface area contributed by atoms with E-state index in [9.17, 15) is 14.7 Å². The largest absolute Gasteiger partial charge is 0.467 e. The van der Waals surface area contributed by atoms with E-state index >= 15 is 4.79 Å². The predicted molar refractivity (Wildman–Crippen MR) is 283 cm³/mol. The summed E-state index contributed by atoms with van der Waals surface area (Å²) in [5.41, 5.74) is 0.996. The number of hydrogen-bond acceptors (Lipinski definition) is 14. The molecule has 2 N–H and O–H groups in total.